The Hall–Kier alpha value is -0.910. The van der Waals surface area contributed by atoms with Crippen LogP contribution in [-0.2, 0) is 13.0 Å². The van der Waals surface area contributed by atoms with Gasteiger partial charge < -0.3 is 5.32 Å². The number of likely N-dealkylation sites (N-methyl/N-ethyl adjacent to an activating group) is 1. The number of halogens is 1. The summed E-state index contributed by atoms with van der Waals surface area (Å²) < 4.78 is 1.93. The quantitative estimate of drug-likeness (QED) is 0.918. The minimum absolute atomic E-state index is 0.144. The SMILES string of the molecule is CCn1ncc(Cl)c1C(Cc1nc(C)cs1)NC. The Kier molecular flexibility index (Phi) is 4.37. The molecule has 0 bridgehead atoms. The van der Waals surface area contributed by atoms with E-state index < -0.39 is 0 Å². The Balaban J connectivity index is 2.25. The highest BCUT2D eigenvalue weighted by Gasteiger charge is 2.20. The summed E-state index contributed by atoms with van der Waals surface area (Å²) in [6.07, 6.45) is 2.54. The van der Waals surface area contributed by atoms with Crippen LogP contribution < -0.4 is 5.32 Å². The van der Waals surface area contributed by atoms with Crippen molar-refractivity contribution >= 4 is 22.9 Å². The zero-order valence-electron chi connectivity index (χ0n) is 10.8. The molecule has 2 rings (SSSR count). The third-order valence-electron chi connectivity index (χ3n) is 2.86. The summed E-state index contributed by atoms with van der Waals surface area (Å²) in [4.78, 5) is 4.50. The van der Waals surface area contributed by atoms with Gasteiger partial charge in [0.05, 0.1) is 28.0 Å². The lowest BCUT2D eigenvalue weighted by Crippen LogP contribution is -2.22. The van der Waals surface area contributed by atoms with E-state index in [4.69, 9.17) is 11.6 Å². The standard InChI is InChI=1S/C12H17ClN4S/c1-4-17-12(9(13)6-15-17)10(14-3)5-11-16-8(2)7-18-11/h6-7,10,14H,4-5H2,1-3H3. The van der Waals surface area contributed by atoms with Gasteiger partial charge in [0.15, 0.2) is 0 Å². The van der Waals surface area contributed by atoms with E-state index in [-0.39, 0.29) is 6.04 Å². The monoisotopic (exact) mass is 284 g/mol. The number of nitrogens with one attached hydrogen (secondary N) is 1. The second kappa shape index (κ2) is 5.82. The van der Waals surface area contributed by atoms with Crippen LogP contribution in [0.25, 0.3) is 0 Å². The molecule has 0 saturated carbocycles. The Labute approximate surface area is 116 Å². The number of hydrogen-bond acceptors (Lipinski definition) is 4. The fraction of sp³-hybridized carbons (Fsp3) is 0.500. The van der Waals surface area contributed by atoms with Gasteiger partial charge in [0, 0.05) is 24.0 Å². The lowest BCUT2D eigenvalue weighted by molar-refractivity contribution is 0.513. The molecular weight excluding hydrogens is 268 g/mol. The van der Waals surface area contributed by atoms with Crippen molar-refractivity contribution in [2.45, 2.75) is 32.9 Å². The molecule has 0 fully saturated rings. The fourth-order valence-electron chi connectivity index (χ4n) is 1.98. The van der Waals surface area contributed by atoms with Gasteiger partial charge in [-0.25, -0.2) is 4.98 Å². The molecule has 4 nitrogen and oxygen atoms in total. The Morgan fingerprint density at radius 1 is 1.56 bits per heavy atom. The first-order valence-electron chi connectivity index (χ1n) is 5.95. The summed E-state index contributed by atoms with van der Waals surface area (Å²) in [5, 5.41) is 11.5. The first-order chi connectivity index (χ1) is 8.65. The van der Waals surface area contributed by atoms with E-state index in [0.29, 0.717) is 5.02 Å². The van der Waals surface area contributed by atoms with Gasteiger partial charge in [0.2, 0.25) is 0 Å². The highest BCUT2D eigenvalue weighted by Crippen LogP contribution is 2.26. The summed E-state index contributed by atoms with van der Waals surface area (Å²) in [6, 6.07) is 0.144. The van der Waals surface area contributed by atoms with E-state index in [1.807, 2.05) is 18.7 Å². The van der Waals surface area contributed by atoms with E-state index in [1.165, 1.54) is 0 Å². The molecule has 0 amide bonds. The first-order valence-corrected chi connectivity index (χ1v) is 7.21. The Morgan fingerprint density at radius 3 is 2.89 bits per heavy atom. The van der Waals surface area contributed by atoms with E-state index in [1.54, 1.807) is 17.5 Å². The van der Waals surface area contributed by atoms with Crippen molar-refractivity contribution in [2.24, 2.45) is 0 Å². The molecule has 2 aromatic rings. The average Bonchev–Trinajstić information content (AvgIpc) is 2.92. The molecule has 0 saturated heterocycles. The Morgan fingerprint density at radius 2 is 2.33 bits per heavy atom. The van der Waals surface area contributed by atoms with E-state index in [9.17, 15) is 0 Å². The Bertz CT molecular complexity index is 520. The third kappa shape index (κ3) is 2.74. The van der Waals surface area contributed by atoms with Crippen LogP contribution in [-0.4, -0.2) is 21.8 Å². The molecule has 1 atom stereocenters. The predicted octanol–water partition coefficient (Wildman–Crippen LogP) is 2.82. The minimum Gasteiger partial charge on any atom is -0.311 e. The summed E-state index contributed by atoms with van der Waals surface area (Å²) in [7, 11) is 1.94. The average molecular weight is 285 g/mol. The molecule has 0 spiro atoms. The molecule has 0 aliphatic heterocycles. The van der Waals surface area contributed by atoms with Gasteiger partial charge in [0.1, 0.15) is 0 Å². The number of nitrogens with zero attached hydrogens (tertiary/aromatic N) is 3. The van der Waals surface area contributed by atoms with Crippen molar-refractivity contribution in [1.82, 2.24) is 20.1 Å². The van der Waals surface area contributed by atoms with Crippen LogP contribution in [0.3, 0.4) is 0 Å². The first kappa shape index (κ1) is 13.5. The second-order valence-corrected chi connectivity index (χ2v) is 5.47. The lowest BCUT2D eigenvalue weighted by atomic mass is 10.1. The molecule has 1 N–H and O–H groups in total. The van der Waals surface area contributed by atoms with Crippen molar-refractivity contribution in [3.8, 4) is 0 Å². The molecule has 0 aliphatic carbocycles. The van der Waals surface area contributed by atoms with Crippen LogP contribution in [0.4, 0.5) is 0 Å². The van der Waals surface area contributed by atoms with Gasteiger partial charge in [-0.15, -0.1) is 11.3 Å². The van der Waals surface area contributed by atoms with Crippen molar-refractivity contribution in [3.05, 3.63) is 33.0 Å². The van der Waals surface area contributed by atoms with Crippen LogP contribution in [0.15, 0.2) is 11.6 Å². The van der Waals surface area contributed by atoms with Crippen LogP contribution in [0.5, 0.6) is 0 Å². The summed E-state index contributed by atoms with van der Waals surface area (Å²) in [6.45, 7) is 4.89. The van der Waals surface area contributed by atoms with Crippen molar-refractivity contribution in [1.29, 1.82) is 0 Å². The highest BCUT2D eigenvalue weighted by molar-refractivity contribution is 7.09. The molecule has 0 aromatic carbocycles. The number of hydrogen-bond donors (Lipinski definition) is 1. The zero-order valence-corrected chi connectivity index (χ0v) is 12.3. The summed E-state index contributed by atoms with van der Waals surface area (Å²) in [5.74, 6) is 0. The fourth-order valence-corrected chi connectivity index (χ4v) is 3.07. The number of thiazole rings is 1. The molecule has 2 heterocycles. The summed E-state index contributed by atoms with van der Waals surface area (Å²) in [5.41, 5.74) is 2.11. The van der Waals surface area contributed by atoms with Gasteiger partial charge in [-0.3, -0.25) is 4.68 Å². The molecule has 2 aromatic heterocycles. The molecule has 0 radical (unpaired) electrons. The van der Waals surface area contributed by atoms with E-state index in [2.05, 4.69) is 27.7 Å². The van der Waals surface area contributed by atoms with Crippen molar-refractivity contribution in [2.75, 3.05) is 7.05 Å². The molecule has 6 heteroatoms. The zero-order chi connectivity index (χ0) is 13.1. The van der Waals surface area contributed by atoms with Gasteiger partial charge in [-0.05, 0) is 20.9 Å². The topological polar surface area (TPSA) is 42.7 Å². The largest absolute Gasteiger partial charge is 0.311 e. The third-order valence-corrected chi connectivity index (χ3v) is 4.14. The lowest BCUT2D eigenvalue weighted by Gasteiger charge is -2.17. The molecule has 18 heavy (non-hydrogen) atoms. The number of aryl methyl sites for hydroxylation is 2. The maximum atomic E-state index is 6.23. The molecule has 98 valence electrons. The van der Waals surface area contributed by atoms with Crippen molar-refractivity contribution < 1.29 is 0 Å². The molecule has 1 unspecified atom stereocenters. The smallest absolute Gasteiger partial charge is 0.0947 e. The second-order valence-electron chi connectivity index (χ2n) is 4.12. The van der Waals surface area contributed by atoms with Gasteiger partial charge in [-0.2, -0.15) is 5.10 Å². The summed E-state index contributed by atoms with van der Waals surface area (Å²) >= 11 is 7.91. The number of rotatable bonds is 5. The van der Waals surface area contributed by atoms with Crippen LogP contribution in [0.1, 0.15) is 29.4 Å². The van der Waals surface area contributed by atoms with E-state index >= 15 is 0 Å². The maximum Gasteiger partial charge on any atom is 0.0947 e. The normalized spacial score (nSPS) is 12.9. The number of aromatic nitrogens is 3. The van der Waals surface area contributed by atoms with E-state index in [0.717, 1.165) is 29.4 Å². The van der Waals surface area contributed by atoms with Gasteiger partial charge in [0.25, 0.3) is 0 Å². The van der Waals surface area contributed by atoms with Crippen LogP contribution in [0, 0.1) is 6.92 Å². The molecular formula is C12H17ClN4S. The van der Waals surface area contributed by atoms with Gasteiger partial charge >= 0.3 is 0 Å². The van der Waals surface area contributed by atoms with Crippen LogP contribution in [0.2, 0.25) is 5.02 Å². The predicted molar refractivity (Wildman–Crippen MR) is 75.3 cm³/mol. The maximum absolute atomic E-state index is 6.23. The van der Waals surface area contributed by atoms with Gasteiger partial charge in [-0.1, -0.05) is 11.6 Å². The molecule has 0 aliphatic rings. The van der Waals surface area contributed by atoms with Crippen molar-refractivity contribution in [3.63, 3.8) is 0 Å². The highest BCUT2D eigenvalue weighted by atomic mass is 35.5. The minimum atomic E-state index is 0.144. The van der Waals surface area contributed by atoms with Crippen LogP contribution >= 0.6 is 22.9 Å².